The van der Waals surface area contributed by atoms with Gasteiger partial charge in [-0.05, 0) is 13.8 Å². The van der Waals surface area contributed by atoms with Crippen LogP contribution in [-0.4, -0.2) is 62.3 Å². The summed E-state index contributed by atoms with van der Waals surface area (Å²) < 4.78 is 35.0. The molecule has 0 spiro atoms. The number of nitrogens with zero attached hydrogens (tertiary/aromatic N) is 1. The lowest BCUT2D eigenvalue weighted by Crippen LogP contribution is -2.46. The fraction of sp³-hybridized carbons (Fsp3) is 0.800. The van der Waals surface area contributed by atoms with Crippen LogP contribution in [0, 0.1) is 0 Å². The Labute approximate surface area is 119 Å². The first-order valence-electron chi connectivity index (χ1n) is 5.70. The number of thiocarbonyl (C=S) groups is 1. The molecule has 0 aromatic heterocycles. The average Bonchev–Trinajstić information content (AvgIpc) is 2.33. The van der Waals surface area contributed by atoms with Crippen LogP contribution in [0.15, 0.2) is 0 Å². The maximum atomic E-state index is 12.2. The van der Waals surface area contributed by atoms with Gasteiger partial charge in [0, 0.05) is 13.7 Å². The van der Waals surface area contributed by atoms with Crippen molar-refractivity contribution >= 4 is 33.2 Å². The number of ether oxygens (including phenoxy) is 2. The summed E-state index contributed by atoms with van der Waals surface area (Å²) in [6.45, 7) is 3.01. The number of esters is 1. The van der Waals surface area contributed by atoms with Crippen LogP contribution in [0.5, 0.6) is 0 Å². The molecule has 0 bridgehead atoms. The molecule has 9 heteroatoms. The van der Waals surface area contributed by atoms with Gasteiger partial charge >= 0.3 is 5.97 Å². The molecule has 19 heavy (non-hydrogen) atoms. The molecule has 0 fully saturated rings. The van der Waals surface area contributed by atoms with E-state index in [-0.39, 0.29) is 31.3 Å². The van der Waals surface area contributed by atoms with E-state index < -0.39 is 21.2 Å². The summed E-state index contributed by atoms with van der Waals surface area (Å²) in [4.78, 5) is 11.3. The van der Waals surface area contributed by atoms with Crippen LogP contribution in [0.4, 0.5) is 0 Å². The van der Waals surface area contributed by atoms with E-state index in [1.807, 2.05) is 0 Å². The predicted octanol–water partition coefficient (Wildman–Crippen LogP) is -0.498. The van der Waals surface area contributed by atoms with Crippen molar-refractivity contribution in [3.8, 4) is 0 Å². The first-order valence-corrected chi connectivity index (χ1v) is 7.61. The third kappa shape index (κ3) is 5.81. The Bertz CT molecular complexity index is 410. The van der Waals surface area contributed by atoms with Crippen molar-refractivity contribution < 1.29 is 22.7 Å². The van der Waals surface area contributed by atoms with Gasteiger partial charge in [-0.3, -0.25) is 4.79 Å². The van der Waals surface area contributed by atoms with Crippen LogP contribution in [0.1, 0.15) is 13.8 Å². The van der Waals surface area contributed by atoms with Gasteiger partial charge in [-0.1, -0.05) is 12.2 Å². The summed E-state index contributed by atoms with van der Waals surface area (Å²) in [5.74, 6) is -0.627. The topological polar surface area (TPSA) is 98.9 Å². The summed E-state index contributed by atoms with van der Waals surface area (Å²) in [6, 6.07) is 0. The van der Waals surface area contributed by atoms with Crippen molar-refractivity contribution in [1.82, 2.24) is 4.31 Å². The van der Waals surface area contributed by atoms with E-state index in [4.69, 9.17) is 15.2 Å². The van der Waals surface area contributed by atoms with E-state index in [9.17, 15) is 13.2 Å². The van der Waals surface area contributed by atoms with Crippen molar-refractivity contribution in [2.45, 2.75) is 19.1 Å². The lowest BCUT2D eigenvalue weighted by atomic mass is 10.5. The summed E-state index contributed by atoms with van der Waals surface area (Å²) in [6.07, 6.45) is 0. The lowest BCUT2D eigenvalue weighted by Gasteiger charge is -2.24. The lowest BCUT2D eigenvalue weighted by molar-refractivity contribution is -0.143. The predicted molar refractivity (Wildman–Crippen MR) is 75.2 cm³/mol. The van der Waals surface area contributed by atoms with Crippen molar-refractivity contribution in [2.24, 2.45) is 5.73 Å². The molecule has 0 radical (unpaired) electrons. The van der Waals surface area contributed by atoms with Crippen molar-refractivity contribution in [3.05, 3.63) is 0 Å². The molecule has 112 valence electrons. The van der Waals surface area contributed by atoms with E-state index in [0.717, 1.165) is 4.31 Å². The number of methoxy groups -OCH3 is 1. The number of sulfonamides is 1. The molecule has 0 aliphatic carbocycles. The Morgan fingerprint density at radius 1 is 1.47 bits per heavy atom. The van der Waals surface area contributed by atoms with Gasteiger partial charge < -0.3 is 15.2 Å². The first kappa shape index (κ1) is 18.2. The zero-order chi connectivity index (χ0) is 15.1. The molecule has 2 N–H and O–H groups in total. The highest BCUT2D eigenvalue weighted by Gasteiger charge is 2.32. The van der Waals surface area contributed by atoms with Gasteiger partial charge in [0.05, 0.1) is 18.2 Å². The van der Waals surface area contributed by atoms with Crippen LogP contribution >= 0.6 is 12.2 Å². The summed E-state index contributed by atoms with van der Waals surface area (Å²) >= 11 is 4.69. The molecule has 0 saturated carbocycles. The maximum absolute atomic E-state index is 12.2. The number of carbonyl (C=O) groups excluding carboxylic acids is 1. The largest absolute Gasteiger partial charge is 0.465 e. The number of nitrogens with two attached hydrogens (primary N) is 1. The number of hydrogen-bond donors (Lipinski definition) is 1. The smallest absolute Gasteiger partial charge is 0.321 e. The third-order valence-corrected chi connectivity index (χ3v) is 5.04. The SMILES string of the molecule is CCOC(=O)CN(CCOC)S(=O)(=O)C(C)C(N)=S. The highest BCUT2D eigenvalue weighted by Crippen LogP contribution is 2.09. The zero-order valence-corrected chi connectivity index (χ0v) is 12.9. The second-order valence-electron chi connectivity index (χ2n) is 3.72. The van der Waals surface area contributed by atoms with Gasteiger partial charge in [-0.25, -0.2) is 8.42 Å². The molecule has 0 saturated heterocycles. The minimum absolute atomic E-state index is 0.0323. The maximum Gasteiger partial charge on any atom is 0.321 e. The second kappa shape index (κ2) is 8.41. The minimum atomic E-state index is -3.80. The fourth-order valence-corrected chi connectivity index (χ4v) is 2.93. The van der Waals surface area contributed by atoms with Crippen LogP contribution in [0.3, 0.4) is 0 Å². The second-order valence-corrected chi connectivity index (χ2v) is 6.45. The van der Waals surface area contributed by atoms with E-state index in [2.05, 4.69) is 12.2 Å². The molecular formula is C10H20N2O5S2. The highest BCUT2D eigenvalue weighted by molar-refractivity contribution is 7.92. The van der Waals surface area contributed by atoms with Crippen LogP contribution in [0.25, 0.3) is 0 Å². The van der Waals surface area contributed by atoms with E-state index in [1.165, 1.54) is 14.0 Å². The van der Waals surface area contributed by atoms with Gasteiger partial charge in [-0.15, -0.1) is 0 Å². The van der Waals surface area contributed by atoms with Gasteiger partial charge in [0.25, 0.3) is 0 Å². The third-order valence-electron chi connectivity index (χ3n) is 2.36. The molecule has 0 aromatic carbocycles. The van der Waals surface area contributed by atoms with Crippen LogP contribution < -0.4 is 5.73 Å². The van der Waals surface area contributed by atoms with Crippen molar-refractivity contribution in [2.75, 3.05) is 33.4 Å². The molecule has 0 aromatic rings. The number of carbonyl (C=O) groups is 1. The molecule has 1 unspecified atom stereocenters. The molecule has 0 amide bonds. The minimum Gasteiger partial charge on any atom is -0.465 e. The Kier molecular flexibility index (Phi) is 8.07. The van der Waals surface area contributed by atoms with E-state index >= 15 is 0 Å². The Morgan fingerprint density at radius 3 is 2.47 bits per heavy atom. The summed E-state index contributed by atoms with van der Waals surface area (Å²) in [7, 11) is -2.36. The van der Waals surface area contributed by atoms with Crippen LogP contribution in [-0.2, 0) is 24.3 Å². The van der Waals surface area contributed by atoms with Crippen molar-refractivity contribution in [1.29, 1.82) is 0 Å². The average molecular weight is 312 g/mol. The highest BCUT2D eigenvalue weighted by atomic mass is 32.2. The summed E-state index contributed by atoms with van der Waals surface area (Å²) in [5, 5.41) is -1.05. The van der Waals surface area contributed by atoms with Gasteiger partial charge in [0.1, 0.15) is 11.8 Å². The van der Waals surface area contributed by atoms with Gasteiger partial charge in [-0.2, -0.15) is 4.31 Å². The first-order chi connectivity index (χ1) is 8.77. The zero-order valence-electron chi connectivity index (χ0n) is 11.3. The van der Waals surface area contributed by atoms with E-state index in [1.54, 1.807) is 6.92 Å². The fourth-order valence-electron chi connectivity index (χ4n) is 1.21. The van der Waals surface area contributed by atoms with Gasteiger partial charge in [0.2, 0.25) is 10.0 Å². The Balaban J connectivity index is 5.01. The van der Waals surface area contributed by atoms with E-state index in [0.29, 0.717) is 0 Å². The molecule has 0 aliphatic heterocycles. The molecule has 7 nitrogen and oxygen atoms in total. The number of rotatable bonds is 9. The Morgan fingerprint density at radius 2 is 2.05 bits per heavy atom. The monoisotopic (exact) mass is 312 g/mol. The number of hydrogen-bond acceptors (Lipinski definition) is 6. The van der Waals surface area contributed by atoms with Crippen molar-refractivity contribution in [3.63, 3.8) is 0 Å². The van der Waals surface area contributed by atoms with Crippen LogP contribution in [0.2, 0.25) is 0 Å². The molecular weight excluding hydrogens is 292 g/mol. The standard InChI is InChI=1S/C10H20N2O5S2/c1-4-17-9(13)7-12(5-6-16-3)19(14,15)8(2)10(11)18/h8H,4-7H2,1-3H3,(H2,11,18). The molecule has 1 atom stereocenters. The molecule has 0 heterocycles. The Hall–Kier alpha value is -0.770. The molecule has 0 aliphatic rings. The normalized spacial score (nSPS) is 13.3. The quantitative estimate of drug-likeness (QED) is 0.453. The molecule has 0 rings (SSSR count). The van der Waals surface area contributed by atoms with Gasteiger partial charge in [0.15, 0.2) is 0 Å². The summed E-state index contributed by atoms with van der Waals surface area (Å²) in [5.41, 5.74) is 5.36.